The lowest BCUT2D eigenvalue weighted by atomic mass is 10.2. The van der Waals surface area contributed by atoms with Gasteiger partial charge in [0.25, 0.3) is 5.26 Å². The number of benzene rings is 1. The highest BCUT2D eigenvalue weighted by molar-refractivity contribution is 7.13. The number of aromatic nitrogens is 2. The van der Waals surface area contributed by atoms with Gasteiger partial charge in [-0.15, -0.1) is 10.2 Å². The molecule has 0 aliphatic carbocycles. The third kappa shape index (κ3) is 1.33. The smallest absolute Gasteiger partial charge is 0.171 e. The van der Waals surface area contributed by atoms with Crippen molar-refractivity contribution in [2.45, 2.75) is 0 Å². The van der Waals surface area contributed by atoms with Gasteiger partial charge in [-0.2, -0.15) is 4.39 Å². The summed E-state index contributed by atoms with van der Waals surface area (Å²) in [6.45, 7) is 0. The van der Waals surface area contributed by atoms with Crippen LogP contribution < -0.4 is 0 Å². The molecule has 0 fully saturated rings. The Labute approximate surface area is 72.7 Å². The molecule has 2 aromatic rings. The van der Waals surface area contributed by atoms with E-state index in [2.05, 4.69) is 10.2 Å². The molecule has 2 rings (SSSR count). The summed E-state index contributed by atoms with van der Waals surface area (Å²) in [4.78, 5) is 0. The number of halogens is 1. The molecule has 0 N–H and O–H groups in total. The average molecular weight is 180 g/mol. The summed E-state index contributed by atoms with van der Waals surface area (Å²) in [5.74, 6) is 0. The van der Waals surface area contributed by atoms with Gasteiger partial charge in [0.1, 0.15) is 5.01 Å². The van der Waals surface area contributed by atoms with Crippen molar-refractivity contribution in [1.82, 2.24) is 10.2 Å². The molecule has 0 radical (unpaired) electrons. The van der Waals surface area contributed by atoms with Crippen molar-refractivity contribution in [3.8, 4) is 10.6 Å². The lowest BCUT2D eigenvalue weighted by molar-refractivity contribution is 0.601. The minimum Gasteiger partial charge on any atom is -0.171 e. The second kappa shape index (κ2) is 2.98. The van der Waals surface area contributed by atoms with Crippen molar-refractivity contribution in [3.63, 3.8) is 0 Å². The van der Waals surface area contributed by atoms with E-state index in [0.29, 0.717) is 5.01 Å². The summed E-state index contributed by atoms with van der Waals surface area (Å²) < 4.78 is 12.5. The zero-order chi connectivity index (χ0) is 8.39. The van der Waals surface area contributed by atoms with E-state index in [0.717, 1.165) is 16.9 Å². The summed E-state index contributed by atoms with van der Waals surface area (Å²) in [5.41, 5.74) is 0.902. The molecule has 2 nitrogen and oxygen atoms in total. The van der Waals surface area contributed by atoms with E-state index < -0.39 is 5.26 Å². The van der Waals surface area contributed by atoms with Crippen LogP contribution in [-0.4, -0.2) is 10.2 Å². The minimum absolute atomic E-state index is 0.492. The van der Waals surface area contributed by atoms with Gasteiger partial charge >= 0.3 is 0 Å². The minimum atomic E-state index is -0.492. The van der Waals surface area contributed by atoms with Crippen molar-refractivity contribution >= 4 is 11.3 Å². The van der Waals surface area contributed by atoms with Crippen LogP contribution in [0, 0.1) is 5.26 Å². The Morgan fingerprint density at radius 1 is 1.08 bits per heavy atom. The molecule has 0 atom stereocenters. The zero-order valence-electron chi connectivity index (χ0n) is 6.07. The SMILES string of the molecule is Fc1nnc(-c2ccccc2)s1. The maximum Gasteiger partial charge on any atom is 0.289 e. The lowest BCUT2D eigenvalue weighted by Crippen LogP contribution is -1.74. The predicted octanol–water partition coefficient (Wildman–Crippen LogP) is 2.34. The molecule has 0 aliphatic rings. The Morgan fingerprint density at radius 3 is 2.42 bits per heavy atom. The summed E-state index contributed by atoms with van der Waals surface area (Å²) in [6, 6.07) is 9.42. The van der Waals surface area contributed by atoms with Gasteiger partial charge in [0, 0.05) is 5.56 Å². The van der Waals surface area contributed by atoms with Crippen molar-refractivity contribution in [2.75, 3.05) is 0 Å². The van der Waals surface area contributed by atoms with Crippen LogP contribution in [0.3, 0.4) is 0 Å². The first kappa shape index (κ1) is 7.36. The second-order valence-electron chi connectivity index (χ2n) is 2.23. The fourth-order valence-electron chi connectivity index (χ4n) is 0.903. The Morgan fingerprint density at radius 2 is 1.83 bits per heavy atom. The molecule has 1 aromatic carbocycles. The molecule has 1 aromatic heterocycles. The fourth-order valence-corrected chi connectivity index (χ4v) is 1.48. The lowest BCUT2D eigenvalue weighted by Gasteiger charge is -1.90. The molecule has 0 bridgehead atoms. The van der Waals surface area contributed by atoms with Crippen molar-refractivity contribution in [3.05, 3.63) is 35.6 Å². The predicted molar refractivity (Wildman–Crippen MR) is 45.3 cm³/mol. The van der Waals surface area contributed by atoms with Crippen LogP contribution >= 0.6 is 11.3 Å². The van der Waals surface area contributed by atoms with Crippen LogP contribution in [-0.2, 0) is 0 Å². The maximum absolute atomic E-state index is 12.5. The molecular formula is C8H5FN2S. The fraction of sp³-hybridized carbons (Fsp3) is 0. The topological polar surface area (TPSA) is 25.8 Å². The molecule has 0 spiro atoms. The Hall–Kier alpha value is -1.29. The molecule has 0 aliphatic heterocycles. The highest BCUT2D eigenvalue weighted by atomic mass is 32.1. The normalized spacial score (nSPS) is 10.1. The van der Waals surface area contributed by atoms with E-state index in [-0.39, 0.29) is 0 Å². The molecule has 0 saturated carbocycles. The largest absolute Gasteiger partial charge is 0.289 e. The van der Waals surface area contributed by atoms with Gasteiger partial charge in [0.2, 0.25) is 0 Å². The van der Waals surface area contributed by atoms with Crippen LogP contribution in [0.1, 0.15) is 0 Å². The van der Waals surface area contributed by atoms with Gasteiger partial charge in [-0.1, -0.05) is 41.7 Å². The van der Waals surface area contributed by atoms with Crippen molar-refractivity contribution < 1.29 is 4.39 Å². The Balaban J connectivity index is 2.45. The first-order chi connectivity index (χ1) is 5.86. The molecular weight excluding hydrogens is 175 g/mol. The van der Waals surface area contributed by atoms with Crippen LogP contribution in [0.15, 0.2) is 30.3 Å². The molecule has 0 amide bonds. The van der Waals surface area contributed by atoms with E-state index in [1.165, 1.54) is 0 Å². The Bertz CT molecular complexity index is 372. The van der Waals surface area contributed by atoms with E-state index in [1.807, 2.05) is 30.3 Å². The van der Waals surface area contributed by atoms with Gasteiger partial charge in [-0.05, 0) is 0 Å². The molecule has 12 heavy (non-hydrogen) atoms. The average Bonchev–Trinajstić information content (AvgIpc) is 2.54. The van der Waals surface area contributed by atoms with Crippen LogP contribution in [0.4, 0.5) is 4.39 Å². The van der Waals surface area contributed by atoms with Crippen LogP contribution in [0.25, 0.3) is 10.6 Å². The quantitative estimate of drug-likeness (QED) is 0.673. The van der Waals surface area contributed by atoms with E-state index in [9.17, 15) is 4.39 Å². The summed E-state index contributed by atoms with van der Waals surface area (Å²) in [7, 11) is 0. The summed E-state index contributed by atoms with van der Waals surface area (Å²) in [5, 5.41) is 7.10. The molecule has 0 unspecified atom stereocenters. The van der Waals surface area contributed by atoms with Crippen LogP contribution in [0.2, 0.25) is 0 Å². The zero-order valence-corrected chi connectivity index (χ0v) is 6.88. The van der Waals surface area contributed by atoms with E-state index in [4.69, 9.17) is 0 Å². The number of nitrogens with zero attached hydrogens (tertiary/aromatic N) is 2. The van der Waals surface area contributed by atoms with E-state index >= 15 is 0 Å². The number of rotatable bonds is 1. The number of hydrogen-bond acceptors (Lipinski definition) is 3. The van der Waals surface area contributed by atoms with Crippen molar-refractivity contribution in [2.24, 2.45) is 0 Å². The highest BCUT2D eigenvalue weighted by Gasteiger charge is 2.03. The van der Waals surface area contributed by atoms with Gasteiger partial charge in [-0.25, -0.2) is 0 Å². The standard InChI is InChI=1S/C8H5FN2S/c9-8-11-10-7(12-8)6-4-2-1-3-5-6/h1-5H. The first-order valence-corrected chi connectivity index (χ1v) is 4.22. The Kier molecular flexibility index (Phi) is 1.83. The molecule has 1 heterocycles. The number of hydrogen-bond donors (Lipinski definition) is 0. The van der Waals surface area contributed by atoms with Crippen molar-refractivity contribution in [1.29, 1.82) is 0 Å². The van der Waals surface area contributed by atoms with Gasteiger partial charge < -0.3 is 0 Å². The highest BCUT2D eigenvalue weighted by Crippen LogP contribution is 2.21. The molecule has 60 valence electrons. The maximum atomic E-state index is 12.5. The third-order valence-electron chi connectivity index (χ3n) is 1.42. The van der Waals surface area contributed by atoms with Crippen LogP contribution in [0.5, 0.6) is 0 Å². The summed E-state index contributed by atoms with van der Waals surface area (Å²) >= 11 is 0.952. The molecule has 4 heteroatoms. The monoisotopic (exact) mass is 180 g/mol. The molecule has 0 saturated heterocycles. The van der Waals surface area contributed by atoms with E-state index in [1.54, 1.807) is 0 Å². The first-order valence-electron chi connectivity index (χ1n) is 3.41. The van der Waals surface area contributed by atoms with Gasteiger partial charge in [0.15, 0.2) is 0 Å². The third-order valence-corrected chi connectivity index (χ3v) is 2.18. The second-order valence-corrected chi connectivity index (χ2v) is 3.15. The summed E-state index contributed by atoms with van der Waals surface area (Å²) in [6.07, 6.45) is 0. The van der Waals surface area contributed by atoms with Gasteiger partial charge in [0.05, 0.1) is 0 Å². The van der Waals surface area contributed by atoms with Gasteiger partial charge in [-0.3, -0.25) is 0 Å².